The fourth-order valence-electron chi connectivity index (χ4n) is 1.64. The van der Waals surface area contributed by atoms with Crippen LogP contribution in [0.4, 0.5) is 8.78 Å². The van der Waals surface area contributed by atoms with Crippen LogP contribution >= 0.6 is 0 Å². The maximum Gasteiger partial charge on any atom is 0.322 e. The quantitative estimate of drug-likeness (QED) is 0.890. The number of hydrogen-bond donors (Lipinski definition) is 2. The molecular formula is C15H11F2NO4. The number of carboxylic acid groups (broad SMARTS) is 1. The van der Waals surface area contributed by atoms with Gasteiger partial charge in [0.05, 0.1) is 0 Å². The highest BCUT2D eigenvalue weighted by Gasteiger charge is 2.10. The van der Waals surface area contributed by atoms with Gasteiger partial charge in [0.2, 0.25) is 0 Å². The van der Waals surface area contributed by atoms with Gasteiger partial charge in [0, 0.05) is 11.6 Å². The van der Waals surface area contributed by atoms with Crippen LogP contribution in [0.25, 0.3) is 0 Å². The lowest BCUT2D eigenvalue weighted by Crippen LogP contribution is -2.29. The van der Waals surface area contributed by atoms with Crippen molar-refractivity contribution in [2.45, 2.75) is 0 Å². The van der Waals surface area contributed by atoms with Crippen molar-refractivity contribution in [3.63, 3.8) is 0 Å². The van der Waals surface area contributed by atoms with Crippen molar-refractivity contribution < 1.29 is 28.2 Å². The molecule has 0 radical (unpaired) electrons. The zero-order chi connectivity index (χ0) is 16.1. The number of halogens is 2. The Morgan fingerprint density at radius 2 is 1.91 bits per heavy atom. The minimum atomic E-state index is -1.17. The molecule has 0 heterocycles. The molecule has 2 aromatic rings. The van der Waals surface area contributed by atoms with E-state index in [1.165, 1.54) is 24.3 Å². The number of hydrogen-bond acceptors (Lipinski definition) is 3. The average Bonchev–Trinajstić information content (AvgIpc) is 2.48. The molecule has 0 saturated carbocycles. The number of ether oxygens (including phenoxy) is 1. The first kappa shape index (κ1) is 15.4. The smallest absolute Gasteiger partial charge is 0.322 e. The molecule has 22 heavy (non-hydrogen) atoms. The van der Waals surface area contributed by atoms with Gasteiger partial charge in [0.25, 0.3) is 5.91 Å². The number of carbonyl (C=O) groups excluding carboxylic acids is 1. The molecule has 0 aliphatic carbocycles. The Labute approximate surface area is 124 Å². The van der Waals surface area contributed by atoms with Gasteiger partial charge >= 0.3 is 5.97 Å². The van der Waals surface area contributed by atoms with Crippen LogP contribution in [0.2, 0.25) is 0 Å². The minimum Gasteiger partial charge on any atom is -0.480 e. The Morgan fingerprint density at radius 1 is 1.14 bits per heavy atom. The molecule has 1 amide bonds. The molecule has 2 aromatic carbocycles. The van der Waals surface area contributed by atoms with Crippen LogP contribution in [0, 0.1) is 11.6 Å². The molecule has 5 nitrogen and oxygen atoms in total. The number of carbonyl (C=O) groups is 2. The van der Waals surface area contributed by atoms with E-state index in [2.05, 4.69) is 5.32 Å². The van der Waals surface area contributed by atoms with Crippen molar-refractivity contribution in [3.8, 4) is 11.5 Å². The number of amides is 1. The average molecular weight is 307 g/mol. The number of aliphatic carboxylic acids is 1. The topological polar surface area (TPSA) is 75.6 Å². The molecule has 0 unspecified atom stereocenters. The Hall–Kier alpha value is -2.96. The van der Waals surface area contributed by atoms with E-state index in [-0.39, 0.29) is 17.1 Å². The van der Waals surface area contributed by atoms with E-state index in [0.717, 1.165) is 12.1 Å². The van der Waals surface area contributed by atoms with Crippen LogP contribution in [-0.4, -0.2) is 23.5 Å². The normalized spacial score (nSPS) is 10.1. The maximum atomic E-state index is 13.5. The van der Waals surface area contributed by atoms with E-state index in [1.807, 2.05) is 0 Å². The summed E-state index contributed by atoms with van der Waals surface area (Å²) in [6.45, 7) is -0.517. The van der Waals surface area contributed by atoms with Gasteiger partial charge in [-0.1, -0.05) is 6.07 Å². The first-order chi connectivity index (χ1) is 10.5. The molecule has 2 rings (SSSR count). The second kappa shape index (κ2) is 6.66. The zero-order valence-corrected chi connectivity index (χ0v) is 11.2. The monoisotopic (exact) mass is 307 g/mol. The van der Waals surface area contributed by atoms with Gasteiger partial charge in [-0.25, -0.2) is 8.78 Å². The molecule has 0 aromatic heterocycles. The van der Waals surface area contributed by atoms with Gasteiger partial charge in [0.15, 0.2) is 11.6 Å². The lowest BCUT2D eigenvalue weighted by molar-refractivity contribution is -0.135. The van der Waals surface area contributed by atoms with Gasteiger partial charge in [-0.05, 0) is 30.3 Å². The van der Waals surface area contributed by atoms with Crippen LogP contribution in [-0.2, 0) is 4.79 Å². The second-order valence-corrected chi connectivity index (χ2v) is 4.28. The molecule has 0 fully saturated rings. The third-order valence-electron chi connectivity index (χ3n) is 2.62. The SMILES string of the molecule is O=C(O)CNC(=O)c1cccc(Oc2ccc(F)cc2F)c1. The van der Waals surface area contributed by atoms with Crippen molar-refractivity contribution in [2.75, 3.05) is 6.54 Å². The minimum absolute atomic E-state index is 0.154. The van der Waals surface area contributed by atoms with Crippen molar-refractivity contribution in [2.24, 2.45) is 0 Å². The summed E-state index contributed by atoms with van der Waals surface area (Å²) in [4.78, 5) is 22.1. The van der Waals surface area contributed by atoms with E-state index in [0.29, 0.717) is 6.07 Å². The lowest BCUT2D eigenvalue weighted by Gasteiger charge is -2.08. The fraction of sp³-hybridized carbons (Fsp3) is 0.0667. The molecule has 114 valence electrons. The zero-order valence-electron chi connectivity index (χ0n) is 11.2. The second-order valence-electron chi connectivity index (χ2n) is 4.28. The summed E-state index contributed by atoms with van der Waals surface area (Å²) in [5.41, 5.74) is 0.154. The van der Waals surface area contributed by atoms with Crippen LogP contribution in [0.15, 0.2) is 42.5 Å². The van der Waals surface area contributed by atoms with E-state index >= 15 is 0 Å². The Morgan fingerprint density at radius 3 is 2.59 bits per heavy atom. The number of carboxylic acids is 1. The Kier molecular flexibility index (Phi) is 4.67. The van der Waals surface area contributed by atoms with Gasteiger partial charge in [0.1, 0.15) is 18.1 Å². The molecule has 0 saturated heterocycles. The van der Waals surface area contributed by atoms with Crippen LogP contribution in [0.5, 0.6) is 11.5 Å². The van der Waals surface area contributed by atoms with E-state index in [9.17, 15) is 18.4 Å². The summed E-state index contributed by atoms with van der Waals surface area (Å²) >= 11 is 0. The summed E-state index contributed by atoms with van der Waals surface area (Å²) in [5.74, 6) is -3.41. The van der Waals surface area contributed by atoms with Gasteiger partial charge in [-0.2, -0.15) is 0 Å². The summed E-state index contributed by atoms with van der Waals surface area (Å²) in [6.07, 6.45) is 0. The highest BCUT2D eigenvalue weighted by atomic mass is 19.1. The number of nitrogens with one attached hydrogen (secondary N) is 1. The number of benzene rings is 2. The first-order valence-electron chi connectivity index (χ1n) is 6.18. The third kappa shape index (κ3) is 4.02. The van der Waals surface area contributed by atoms with E-state index in [1.54, 1.807) is 0 Å². The maximum absolute atomic E-state index is 13.5. The van der Waals surface area contributed by atoms with Crippen molar-refractivity contribution in [1.82, 2.24) is 5.32 Å². The van der Waals surface area contributed by atoms with Crippen molar-refractivity contribution in [1.29, 1.82) is 0 Å². The van der Waals surface area contributed by atoms with E-state index < -0.39 is 30.1 Å². The molecule has 0 aliphatic rings. The standard InChI is InChI=1S/C15H11F2NO4/c16-10-4-5-13(12(17)7-10)22-11-3-1-2-9(6-11)15(21)18-8-14(19)20/h1-7H,8H2,(H,18,21)(H,19,20). The summed E-state index contributed by atoms with van der Waals surface area (Å²) < 4.78 is 31.5. The summed E-state index contributed by atoms with van der Waals surface area (Å²) in [6, 6.07) is 8.59. The van der Waals surface area contributed by atoms with Gasteiger partial charge in [-0.15, -0.1) is 0 Å². The van der Waals surface area contributed by atoms with Crippen molar-refractivity contribution in [3.05, 3.63) is 59.7 Å². The van der Waals surface area contributed by atoms with Crippen molar-refractivity contribution >= 4 is 11.9 Å². The van der Waals surface area contributed by atoms with Crippen LogP contribution < -0.4 is 10.1 Å². The summed E-state index contributed by atoms with van der Waals surface area (Å²) in [7, 11) is 0. The molecular weight excluding hydrogens is 296 g/mol. The predicted molar refractivity (Wildman–Crippen MR) is 72.8 cm³/mol. The highest BCUT2D eigenvalue weighted by molar-refractivity contribution is 5.96. The fourth-order valence-corrected chi connectivity index (χ4v) is 1.64. The van der Waals surface area contributed by atoms with Gasteiger partial charge < -0.3 is 15.2 Å². The summed E-state index contributed by atoms with van der Waals surface area (Å²) in [5, 5.41) is 10.7. The molecule has 0 bridgehead atoms. The van der Waals surface area contributed by atoms with E-state index in [4.69, 9.17) is 9.84 Å². The Balaban J connectivity index is 2.14. The molecule has 0 spiro atoms. The third-order valence-corrected chi connectivity index (χ3v) is 2.62. The molecule has 2 N–H and O–H groups in total. The van der Waals surface area contributed by atoms with Crippen LogP contribution in [0.3, 0.4) is 0 Å². The lowest BCUT2D eigenvalue weighted by atomic mass is 10.2. The predicted octanol–water partition coefficient (Wildman–Crippen LogP) is 2.57. The molecule has 0 aliphatic heterocycles. The Bertz CT molecular complexity index is 718. The number of rotatable bonds is 5. The highest BCUT2D eigenvalue weighted by Crippen LogP contribution is 2.25. The largest absolute Gasteiger partial charge is 0.480 e. The van der Waals surface area contributed by atoms with Crippen LogP contribution in [0.1, 0.15) is 10.4 Å². The molecule has 0 atom stereocenters. The molecule has 7 heteroatoms. The first-order valence-corrected chi connectivity index (χ1v) is 6.18. The van der Waals surface area contributed by atoms with Gasteiger partial charge in [-0.3, -0.25) is 9.59 Å².